The van der Waals surface area contributed by atoms with Gasteiger partial charge in [-0.2, -0.15) is 0 Å². The van der Waals surface area contributed by atoms with Gasteiger partial charge in [-0.1, -0.05) is 6.07 Å². The van der Waals surface area contributed by atoms with Crippen LogP contribution in [0.15, 0.2) is 22.7 Å². The van der Waals surface area contributed by atoms with Gasteiger partial charge in [0.05, 0.1) is 12.1 Å². The van der Waals surface area contributed by atoms with Crippen molar-refractivity contribution in [2.75, 3.05) is 0 Å². The van der Waals surface area contributed by atoms with Crippen LogP contribution in [-0.2, 0) is 11.3 Å². The Bertz CT molecular complexity index is 574. The maximum absolute atomic E-state index is 11.5. The van der Waals surface area contributed by atoms with E-state index in [-0.39, 0.29) is 11.8 Å². The third-order valence-corrected chi connectivity index (χ3v) is 3.53. The fraction of sp³-hybridized carbons (Fsp3) is 0.333. The van der Waals surface area contributed by atoms with Crippen LogP contribution in [0.4, 0.5) is 0 Å². The van der Waals surface area contributed by atoms with Gasteiger partial charge in [0.25, 0.3) is 0 Å². The minimum Gasteiger partial charge on any atom is -0.349 e. The number of hydrogen-bond acceptors (Lipinski definition) is 2. The van der Waals surface area contributed by atoms with Crippen molar-refractivity contribution >= 4 is 32.9 Å². The van der Waals surface area contributed by atoms with Crippen LogP contribution in [-0.4, -0.2) is 15.9 Å². The number of halogens is 1. The lowest BCUT2D eigenvalue weighted by molar-refractivity contribution is -0.122. The zero-order chi connectivity index (χ0) is 11.8. The second kappa shape index (κ2) is 4.14. The Morgan fingerprint density at radius 1 is 1.53 bits per heavy atom. The Morgan fingerprint density at radius 3 is 3.06 bits per heavy atom. The summed E-state index contributed by atoms with van der Waals surface area (Å²) in [6, 6.07) is 5.88. The molecule has 1 amide bonds. The molecule has 1 aromatic heterocycles. The number of H-pyrrole nitrogens is 1. The van der Waals surface area contributed by atoms with Crippen molar-refractivity contribution in [1.82, 2.24) is 15.3 Å². The summed E-state index contributed by atoms with van der Waals surface area (Å²) >= 11 is 3.45. The van der Waals surface area contributed by atoms with Gasteiger partial charge in [-0.25, -0.2) is 4.98 Å². The van der Waals surface area contributed by atoms with Gasteiger partial charge in [0.2, 0.25) is 5.91 Å². The molecule has 0 bridgehead atoms. The van der Waals surface area contributed by atoms with E-state index in [1.807, 2.05) is 18.2 Å². The molecular formula is C12H12BrN3O. The second-order valence-electron chi connectivity index (χ2n) is 4.31. The number of para-hydroxylation sites is 1. The minimum atomic E-state index is 0.143. The number of imidazole rings is 1. The largest absolute Gasteiger partial charge is 0.349 e. The van der Waals surface area contributed by atoms with Crippen LogP contribution in [0.5, 0.6) is 0 Å². The van der Waals surface area contributed by atoms with Gasteiger partial charge in [-0.15, -0.1) is 0 Å². The highest BCUT2D eigenvalue weighted by Crippen LogP contribution is 2.28. The molecule has 0 aliphatic heterocycles. The van der Waals surface area contributed by atoms with E-state index in [1.54, 1.807) is 0 Å². The molecule has 88 valence electrons. The number of fused-ring (bicyclic) bond motifs is 1. The van der Waals surface area contributed by atoms with Gasteiger partial charge < -0.3 is 10.3 Å². The van der Waals surface area contributed by atoms with Crippen LogP contribution in [0.3, 0.4) is 0 Å². The molecule has 1 aromatic carbocycles. The normalized spacial score (nSPS) is 15.1. The van der Waals surface area contributed by atoms with E-state index >= 15 is 0 Å². The Labute approximate surface area is 107 Å². The smallest absolute Gasteiger partial charge is 0.223 e. The molecule has 0 radical (unpaired) electrons. The molecular weight excluding hydrogens is 282 g/mol. The number of aromatic amines is 1. The molecule has 3 rings (SSSR count). The number of hydrogen-bond donors (Lipinski definition) is 2. The molecule has 0 spiro atoms. The molecule has 4 nitrogen and oxygen atoms in total. The van der Waals surface area contributed by atoms with Gasteiger partial charge in [0, 0.05) is 10.4 Å². The van der Waals surface area contributed by atoms with Crippen LogP contribution in [0, 0.1) is 5.92 Å². The quantitative estimate of drug-likeness (QED) is 0.913. The number of benzene rings is 1. The number of carbonyl (C=O) groups is 1. The monoisotopic (exact) mass is 293 g/mol. The van der Waals surface area contributed by atoms with E-state index in [4.69, 9.17) is 0 Å². The lowest BCUT2D eigenvalue weighted by Crippen LogP contribution is -2.24. The molecule has 2 N–H and O–H groups in total. The summed E-state index contributed by atoms with van der Waals surface area (Å²) in [7, 11) is 0. The minimum absolute atomic E-state index is 0.143. The topological polar surface area (TPSA) is 57.8 Å². The Hall–Kier alpha value is -1.36. The predicted octanol–water partition coefficient (Wildman–Crippen LogP) is 2.35. The first-order valence-electron chi connectivity index (χ1n) is 5.65. The van der Waals surface area contributed by atoms with E-state index in [0.717, 1.165) is 34.2 Å². The third-order valence-electron chi connectivity index (χ3n) is 2.89. The highest BCUT2D eigenvalue weighted by atomic mass is 79.9. The molecule has 1 heterocycles. The molecule has 1 fully saturated rings. The summed E-state index contributed by atoms with van der Waals surface area (Å²) in [6.45, 7) is 0.469. The van der Waals surface area contributed by atoms with E-state index in [9.17, 15) is 4.79 Å². The van der Waals surface area contributed by atoms with Crippen LogP contribution < -0.4 is 5.32 Å². The molecule has 5 heteroatoms. The van der Waals surface area contributed by atoms with Gasteiger partial charge in [0.15, 0.2) is 0 Å². The Balaban J connectivity index is 1.76. The zero-order valence-electron chi connectivity index (χ0n) is 9.16. The SMILES string of the molecule is O=C(NCc1nc2c(Br)cccc2[nH]1)C1CC1. The van der Waals surface area contributed by atoms with Crippen molar-refractivity contribution in [3.8, 4) is 0 Å². The maximum Gasteiger partial charge on any atom is 0.223 e. The van der Waals surface area contributed by atoms with Crippen LogP contribution in [0.2, 0.25) is 0 Å². The van der Waals surface area contributed by atoms with Crippen molar-refractivity contribution in [2.24, 2.45) is 5.92 Å². The number of rotatable bonds is 3. The maximum atomic E-state index is 11.5. The number of nitrogens with one attached hydrogen (secondary N) is 2. The van der Waals surface area contributed by atoms with Gasteiger partial charge in [0.1, 0.15) is 11.3 Å². The average molecular weight is 294 g/mol. The van der Waals surface area contributed by atoms with Crippen molar-refractivity contribution in [2.45, 2.75) is 19.4 Å². The number of amides is 1. The van der Waals surface area contributed by atoms with E-state index in [2.05, 4.69) is 31.2 Å². The van der Waals surface area contributed by atoms with Gasteiger partial charge in [-0.05, 0) is 40.9 Å². The summed E-state index contributed by atoms with van der Waals surface area (Å²) in [5.74, 6) is 1.18. The standard InChI is InChI=1S/C12H12BrN3O/c13-8-2-1-3-9-11(8)16-10(15-9)6-14-12(17)7-4-5-7/h1-3,7H,4-6H2,(H,14,17)(H,15,16). The van der Waals surface area contributed by atoms with Gasteiger partial charge in [-0.3, -0.25) is 4.79 Å². The Kier molecular flexibility index (Phi) is 2.63. The predicted molar refractivity (Wildman–Crippen MR) is 68.4 cm³/mol. The summed E-state index contributed by atoms with van der Waals surface area (Å²) < 4.78 is 0.964. The summed E-state index contributed by atoms with van der Waals surface area (Å²) in [5.41, 5.74) is 1.89. The highest BCUT2D eigenvalue weighted by molar-refractivity contribution is 9.10. The molecule has 17 heavy (non-hydrogen) atoms. The molecule has 1 aliphatic carbocycles. The van der Waals surface area contributed by atoms with Crippen molar-refractivity contribution in [3.05, 3.63) is 28.5 Å². The summed E-state index contributed by atoms with van der Waals surface area (Å²) in [5, 5.41) is 2.89. The van der Waals surface area contributed by atoms with E-state index in [0.29, 0.717) is 6.54 Å². The molecule has 2 aromatic rings. The molecule has 0 saturated heterocycles. The molecule has 0 atom stereocenters. The summed E-state index contributed by atoms with van der Waals surface area (Å²) in [6.07, 6.45) is 2.05. The Morgan fingerprint density at radius 2 is 2.35 bits per heavy atom. The van der Waals surface area contributed by atoms with Crippen molar-refractivity contribution < 1.29 is 4.79 Å². The second-order valence-corrected chi connectivity index (χ2v) is 5.17. The molecule has 1 saturated carbocycles. The fourth-order valence-corrected chi connectivity index (χ4v) is 2.25. The number of carbonyl (C=O) groups excluding carboxylic acids is 1. The number of nitrogens with zero attached hydrogens (tertiary/aromatic N) is 1. The van der Waals surface area contributed by atoms with E-state index < -0.39 is 0 Å². The third kappa shape index (κ3) is 2.20. The van der Waals surface area contributed by atoms with Crippen molar-refractivity contribution in [1.29, 1.82) is 0 Å². The van der Waals surface area contributed by atoms with E-state index in [1.165, 1.54) is 0 Å². The first kappa shape index (κ1) is 10.8. The lowest BCUT2D eigenvalue weighted by Gasteiger charge is -2.00. The van der Waals surface area contributed by atoms with Crippen LogP contribution in [0.25, 0.3) is 11.0 Å². The lowest BCUT2D eigenvalue weighted by atomic mass is 10.3. The van der Waals surface area contributed by atoms with Crippen LogP contribution in [0.1, 0.15) is 18.7 Å². The fourth-order valence-electron chi connectivity index (χ4n) is 1.79. The molecule has 0 unspecified atom stereocenters. The van der Waals surface area contributed by atoms with Gasteiger partial charge >= 0.3 is 0 Å². The first-order valence-corrected chi connectivity index (χ1v) is 6.44. The average Bonchev–Trinajstić information content (AvgIpc) is 3.07. The highest BCUT2D eigenvalue weighted by Gasteiger charge is 2.29. The first-order chi connectivity index (χ1) is 8.24. The van der Waals surface area contributed by atoms with Crippen molar-refractivity contribution in [3.63, 3.8) is 0 Å². The summed E-state index contributed by atoms with van der Waals surface area (Å²) in [4.78, 5) is 19.1. The van der Waals surface area contributed by atoms with Crippen LogP contribution >= 0.6 is 15.9 Å². The number of aromatic nitrogens is 2. The zero-order valence-corrected chi connectivity index (χ0v) is 10.8. The molecule has 1 aliphatic rings.